The van der Waals surface area contributed by atoms with Crippen LogP contribution in [0.3, 0.4) is 0 Å². The third-order valence-corrected chi connectivity index (χ3v) is 9.83. The minimum atomic E-state index is 0.901. The number of rotatable bonds is 5. The molecule has 0 radical (unpaired) electrons. The van der Waals surface area contributed by atoms with E-state index in [1.807, 2.05) is 12.3 Å². The van der Waals surface area contributed by atoms with Gasteiger partial charge in [0.05, 0.1) is 33.6 Å². The monoisotopic (exact) mass is 650 g/mol. The van der Waals surface area contributed by atoms with Crippen LogP contribution in [-0.4, -0.2) is 15.0 Å². The Labute approximate surface area is 294 Å². The highest BCUT2D eigenvalue weighted by molar-refractivity contribution is 6.24. The molecule has 0 aliphatic rings. The molecule has 0 unspecified atom stereocenters. The van der Waals surface area contributed by atoms with Gasteiger partial charge in [-0.25, -0.2) is 9.97 Å². The Kier molecular flexibility index (Phi) is 6.78. The molecule has 0 aliphatic heterocycles. The zero-order valence-corrected chi connectivity index (χ0v) is 27.6. The molecule has 4 nitrogen and oxygen atoms in total. The third-order valence-electron chi connectivity index (χ3n) is 9.83. The van der Waals surface area contributed by atoms with Crippen LogP contribution in [0.15, 0.2) is 182 Å². The summed E-state index contributed by atoms with van der Waals surface area (Å²) in [6.07, 6.45) is 1.84. The van der Waals surface area contributed by atoms with Crippen molar-refractivity contribution in [2.75, 3.05) is 4.90 Å². The quantitative estimate of drug-likeness (QED) is 0.174. The smallest absolute Gasteiger partial charge is 0.0972 e. The number of fused-ring (bicyclic) bond motifs is 8. The number of anilines is 3. The molecule has 4 heteroatoms. The first kappa shape index (κ1) is 29.0. The molecule has 0 fully saturated rings. The molecule has 3 aromatic heterocycles. The molecule has 10 rings (SSSR count). The molecular weight excluding hydrogens is 621 g/mol. The molecule has 0 saturated heterocycles. The van der Waals surface area contributed by atoms with Crippen molar-refractivity contribution in [2.45, 2.75) is 0 Å². The van der Waals surface area contributed by atoms with Crippen LogP contribution in [0.5, 0.6) is 0 Å². The zero-order chi connectivity index (χ0) is 33.7. The standard InChI is InChI=1S/C47H30N4/c1-3-16-36(17-4-1)51(37-18-5-2-6-19-37)42-22-10-21-39-43-38-20-8-7-12-31(38)25-27-40(43)44(50-47(39)42)35-14-9-13-34(30-35)41-28-26-33-24-23-32-15-11-29-48-45(32)46(33)49-41/h1-30H. The van der Waals surface area contributed by atoms with E-state index >= 15 is 0 Å². The molecule has 0 atom stereocenters. The summed E-state index contributed by atoms with van der Waals surface area (Å²) in [4.78, 5) is 17.8. The molecule has 0 amide bonds. The summed E-state index contributed by atoms with van der Waals surface area (Å²) in [6.45, 7) is 0. The van der Waals surface area contributed by atoms with Crippen LogP contribution in [0.25, 0.3) is 76.8 Å². The van der Waals surface area contributed by atoms with Gasteiger partial charge in [-0.15, -0.1) is 0 Å². The predicted octanol–water partition coefficient (Wildman–Crippen LogP) is 12.4. The van der Waals surface area contributed by atoms with Crippen molar-refractivity contribution in [1.82, 2.24) is 15.0 Å². The number of pyridine rings is 3. The van der Waals surface area contributed by atoms with E-state index < -0.39 is 0 Å². The molecular formula is C47H30N4. The molecule has 0 N–H and O–H groups in total. The Bertz CT molecular complexity index is 2880. The second-order valence-electron chi connectivity index (χ2n) is 12.8. The maximum atomic E-state index is 5.61. The van der Waals surface area contributed by atoms with Crippen molar-refractivity contribution >= 4 is 71.3 Å². The van der Waals surface area contributed by atoms with Crippen LogP contribution in [0.2, 0.25) is 0 Å². The second kappa shape index (κ2) is 11.9. The summed E-state index contributed by atoms with van der Waals surface area (Å²) >= 11 is 0. The van der Waals surface area contributed by atoms with Crippen LogP contribution in [0.4, 0.5) is 17.1 Å². The average Bonchev–Trinajstić information content (AvgIpc) is 3.21. The van der Waals surface area contributed by atoms with Crippen LogP contribution in [0.1, 0.15) is 0 Å². The number of aromatic nitrogens is 3. The van der Waals surface area contributed by atoms with Crippen LogP contribution in [0, 0.1) is 0 Å². The highest BCUT2D eigenvalue weighted by Gasteiger charge is 2.20. The van der Waals surface area contributed by atoms with Crippen molar-refractivity contribution in [1.29, 1.82) is 0 Å². The molecule has 0 saturated carbocycles. The molecule has 0 bridgehead atoms. The van der Waals surface area contributed by atoms with Crippen molar-refractivity contribution < 1.29 is 0 Å². The SMILES string of the molecule is c1ccc(N(c2ccccc2)c2cccc3c2nc(-c2cccc(-c4ccc5ccc6cccnc6c5n4)c2)c2ccc4ccccc4c23)cc1. The molecule has 0 spiro atoms. The summed E-state index contributed by atoms with van der Waals surface area (Å²) < 4.78 is 0. The number of hydrogen-bond acceptors (Lipinski definition) is 4. The highest BCUT2D eigenvalue weighted by atomic mass is 15.1. The van der Waals surface area contributed by atoms with Crippen molar-refractivity contribution in [3.8, 4) is 22.5 Å². The van der Waals surface area contributed by atoms with Gasteiger partial charge in [0.25, 0.3) is 0 Å². The second-order valence-corrected chi connectivity index (χ2v) is 12.8. The molecule has 10 aromatic rings. The highest BCUT2D eigenvalue weighted by Crippen LogP contribution is 2.43. The fourth-order valence-electron chi connectivity index (χ4n) is 7.47. The maximum absolute atomic E-state index is 5.61. The van der Waals surface area contributed by atoms with E-state index in [9.17, 15) is 0 Å². The van der Waals surface area contributed by atoms with Gasteiger partial charge in [0.2, 0.25) is 0 Å². The lowest BCUT2D eigenvalue weighted by molar-refractivity contribution is 1.28. The van der Waals surface area contributed by atoms with Gasteiger partial charge in [0.15, 0.2) is 0 Å². The first-order valence-corrected chi connectivity index (χ1v) is 17.2. The van der Waals surface area contributed by atoms with Gasteiger partial charge in [-0.05, 0) is 59.3 Å². The summed E-state index contributed by atoms with van der Waals surface area (Å²) in [5.41, 5.74) is 9.83. The van der Waals surface area contributed by atoms with Gasteiger partial charge < -0.3 is 4.90 Å². The Morgan fingerprint density at radius 3 is 1.86 bits per heavy atom. The first-order chi connectivity index (χ1) is 25.3. The van der Waals surface area contributed by atoms with Crippen LogP contribution < -0.4 is 4.90 Å². The Morgan fingerprint density at radius 1 is 0.392 bits per heavy atom. The van der Waals surface area contributed by atoms with Gasteiger partial charge in [-0.1, -0.05) is 127 Å². The minimum absolute atomic E-state index is 0.901. The Balaban J connectivity index is 1.24. The zero-order valence-electron chi connectivity index (χ0n) is 27.6. The van der Waals surface area contributed by atoms with Crippen LogP contribution >= 0.6 is 0 Å². The fourth-order valence-corrected chi connectivity index (χ4v) is 7.47. The van der Waals surface area contributed by atoms with Crippen molar-refractivity contribution in [2.24, 2.45) is 0 Å². The van der Waals surface area contributed by atoms with Crippen LogP contribution in [-0.2, 0) is 0 Å². The predicted molar refractivity (Wildman–Crippen MR) is 213 cm³/mol. The van der Waals surface area contributed by atoms with Crippen molar-refractivity contribution in [3.05, 3.63) is 182 Å². The van der Waals surface area contributed by atoms with Gasteiger partial charge in [0.1, 0.15) is 0 Å². The summed E-state index contributed by atoms with van der Waals surface area (Å²) in [5, 5.41) is 7.99. The van der Waals surface area contributed by atoms with E-state index in [2.05, 4.69) is 180 Å². The maximum Gasteiger partial charge on any atom is 0.0972 e. The number of para-hydroxylation sites is 3. The molecule has 0 aliphatic carbocycles. The largest absolute Gasteiger partial charge is 0.308 e. The lowest BCUT2D eigenvalue weighted by Gasteiger charge is -2.27. The van der Waals surface area contributed by atoms with E-state index in [0.717, 1.165) is 77.7 Å². The molecule has 3 heterocycles. The summed E-state index contributed by atoms with van der Waals surface area (Å²) in [6, 6.07) is 61.9. The van der Waals surface area contributed by atoms with Gasteiger partial charge in [-0.2, -0.15) is 0 Å². The third kappa shape index (κ3) is 4.88. The molecule has 7 aromatic carbocycles. The van der Waals surface area contributed by atoms with E-state index in [1.165, 1.54) is 16.2 Å². The topological polar surface area (TPSA) is 41.9 Å². The summed E-state index contributed by atoms with van der Waals surface area (Å²) in [5.74, 6) is 0. The van der Waals surface area contributed by atoms with E-state index in [1.54, 1.807) is 0 Å². The van der Waals surface area contributed by atoms with E-state index in [-0.39, 0.29) is 0 Å². The lowest BCUT2D eigenvalue weighted by Crippen LogP contribution is -2.11. The Hall–Kier alpha value is -6.91. The fraction of sp³-hybridized carbons (Fsp3) is 0. The molecule has 238 valence electrons. The van der Waals surface area contributed by atoms with Crippen molar-refractivity contribution in [3.63, 3.8) is 0 Å². The number of nitrogens with zero attached hydrogens (tertiary/aromatic N) is 4. The number of hydrogen-bond donors (Lipinski definition) is 0. The van der Waals surface area contributed by atoms with E-state index in [4.69, 9.17) is 9.97 Å². The minimum Gasteiger partial charge on any atom is -0.308 e. The van der Waals surface area contributed by atoms with E-state index in [0.29, 0.717) is 0 Å². The molecule has 51 heavy (non-hydrogen) atoms. The number of benzene rings is 7. The van der Waals surface area contributed by atoms with Gasteiger partial charge in [-0.3, -0.25) is 4.98 Å². The lowest BCUT2D eigenvalue weighted by atomic mass is 9.94. The first-order valence-electron chi connectivity index (χ1n) is 17.2. The summed E-state index contributed by atoms with van der Waals surface area (Å²) in [7, 11) is 0. The average molecular weight is 651 g/mol. The van der Waals surface area contributed by atoms with Gasteiger partial charge >= 0.3 is 0 Å². The van der Waals surface area contributed by atoms with Gasteiger partial charge in [0, 0.05) is 55.6 Å². The Morgan fingerprint density at radius 2 is 1.04 bits per heavy atom. The normalized spacial score (nSPS) is 11.5.